The van der Waals surface area contributed by atoms with Crippen molar-refractivity contribution in [1.29, 1.82) is 0 Å². The number of aromatic nitrogens is 1. The number of halogens is 4. The maximum atomic E-state index is 12.4. The zero-order chi connectivity index (χ0) is 16.3. The third kappa shape index (κ3) is 5.10. The molecule has 1 atom stereocenters. The van der Waals surface area contributed by atoms with E-state index in [1.54, 1.807) is 6.92 Å². The van der Waals surface area contributed by atoms with E-state index in [4.69, 9.17) is 16.7 Å². The molecule has 1 aromatic rings. The molecule has 120 valence electrons. The van der Waals surface area contributed by atoms with Gasteiger partial charge in [0.1, 0.15) is 15.7 Å². The Kier molecular flexibility index (Phi) is 5.97. The summed E-state index contributed by atoms with van der Waals surface area (Å²) in [4.78, 5) is 2.54. The topological polar surface area (TPSA) is 79.3 Å². The van der Waals surface area contributed by atoms with E-state index in [-0.39, 0.29) is 6.61 Å². The molecule has 1 aromatic heterocycles. The average molecular weight is 347 g/mol. The molecule has 1 heterocycles. The van der Waals surface area contributed by atoms with Gasteiger partial charge in [0.25, 0.3) is 0 Å². The maximum Gasteiger partial charge on any atom is 0.433 e. The number of alkyl halides is 3. The smallest absolute Gasteiger partial charge is 0.396 e. The first-order valence-corrected chi connectivity index (χ1v) is 7.81. The van der Waals surface area contributed by atoms with Crippen LogP contribution in [0.25, 0.3) is 0 Å². The average Bonchev–Trinajstić information content (AvgIpc) is 2.34. The summed E-state index contributed by atoms with van der Waals surface area (Å²) in [6.07, 6.45) is -3.93. The summed E-state index contributed by atoms with van der Waals surface area (Å²) in [5.74, 6) is 0. The fourth-order valence-corrected chi connectivity index (χ4v) is 3.31. The Morgan fingerprint density at radius 3 is 2.52 bits per heavy atom. The van der Waals surface area contributed by atoms with Crippen LogP contribution >= 0.6 is 11.6 Å². The predicted octanol–water partition coefficient (Wildman–Crippen LogP) is 2.19. The molecule has 0 aliphatic rings. The molecule has 0 aliphatic carbocycles. The Hall–Kier alpha value is -0.900. The molecule has 0 amide bonds. The first-order chi connectivity index (χ1) is 9.58. The van der Waals surface area contributed by atoms with Crippen molar-refractivity contribution in [3.05, 3.63) is 23.0 Å². The van der Waals surface area contributed by atoms with Gasteiger partial charge < -0.3 is 5.11 Å². The molecule has 0 bridgehead atoms. The lowest BCUT2D eigenvalue weighted by Gasteiger charge is -2.15. The van der Waals surface area contributed by atoms with Crippen molar-refractivity contribution in [2.24, 2.45) is 0 Å². The summed E-state index contributed by atoms with van der Waals surface area (Å²) < 4.78 is 63.6. The van der Waals surface area contributed by atoms with E-state index in [2.05, 4.69) is 9.71 Å². The number of nitrogens with one attached hydrogen (secondary N) is 1. The van der Waals surface area contributed by atoms with Crippen molar-refractivity contribution in [3.8, 4) is 0 Å². The Morgan fingerprint density at radius 1 is 1.43 bits per heavy atom. The second-order valence-electron chi connectivity index (χ2n) is 4.37. The van der Waals surface area contributed by atoms with E-state index in [9.17, 15) is 21.6 Å². The third-order valence-corrected chi connectivity index (χ3v) is 4.57. The molecule has 2 N–H and O–H groups in total. The zero-order valence-corrected chi connectivity index (χ0v) is 12.6. The molecule has 0 fully saturated rings. The lowest BCUT2D eigenvalue weighted by molar-refractivity contribution is -0.141. The van der Waals surface area contributed by atoms with Crippen LogP contribution in [0.2, 0.25) is 5.15 Å². The van der Waals surface area contributed by atoms with Crippen molar-refractivity contribution in [3.63, 3.8) is 0 Å². The van der Waals surface area contributed by atoms with Gasteiger partial charge in [0.2, 0.25) is 10.0 Å². The molecule has 0 saturated heterocycles. The van der Waals surface area contributed by atoms with Crippen LogP contribution in [-0.2, 0) is 16.2 Å². The van der Waals surface area contributed by atoms with Crippen LogP contribution in [0.4, 0.5) is 13.2 Å². The van der Waals surface area contributed by atoms with Gasteiger partial charge in [0.05, 0.1) is 0 Å². The van der Waals surface area contributed by atoms with Crippen molar-refractivity contribution in [2.45, 2.75) is 36.9 Å². The highest BCUT2D eigenvalue weighted by Crippen LogP contribution is 2.30. The van der Waals surface area contributed by atoms with Gasteiger partial charge in [0.15, 0.2) is 0 Å². The van der Waals surface area contributed by atoms with Crippen LogP contribution in [0, 0.1) is 0 Å². The van der Waals surface area contributed by atoms with Gasteiger partial charge in [-0.3, -0.25) is 0 Å². The molecular formula is C11H14ClF3N2O3S. The lowest BCUT2D eigenvalue weighted by atomic mass is 10.2. The molecule has 0 aliphatic heterocycles. The molecule has 10 heteroatoms. The van der Waals surface area contributed by atoms with Crippen molar-refractivity contribution >= 4 is 21.6 Å². The van der Waals surface area contributed by atoms with Crippen LogP contribution in [0.3, 0.4) is 0 Å². The maximum absolute atomic E-state index is 12.4. The number of hydrogen-bond acceptors (Lipinski definition) is 4. The number of sulfonamides is 1. The Bertz CT molecular complexity index is 593. The molecule has 1 unspecified atom stereocenters. The minimum atomic E-state index is -4.70. The number of rotatable bonds is 6. The highest BCUT2D eigenvalue weighted by atomic mass is 35.5. The van der Waals surface area contributed by atoms with Crippen molar-refractivity contribution < 1.29 is 26.7 Å². The van der Waals surface area contributed by atoms with E-state index in [1.165, 1.54) is 0 Å². The molecule has 0 spiro atoms. The molecular weight excluding hydrogens is 333 g/mol. The zero-order valence-electron chi connectivity index (χ0n) is 11.0. The Morgan fingerprint density at radius 2 is 2.05 bits per heavy atom. The molecule has 0 aromatic carbocycles. The quantitative estimate of drug-likeness (QED) is 0.774. The third-order valence-electron chi connectivity index (χ3n) is 2.55. The summed E-state index contributed by atoms with van der Waals surface area (Å²) in [6.45, 7) is 1.48. The van der Waals surface area contributed by atoms with Gasteiger partial charge in [-0.15, -0.1) is 0 Å². The minimum Gasteiger partial charge on any atom is -0.396 e. The summed E-state index contributed by atoms with van der Waals surface area (Å²) in [5, 5.41) is 7.92. The van der Waals surface area contributed by atoms with E-state index in [1.807, 2.05) is 0 Å². The summed E-state index contributed by atoms with van der Waals surface area (Å²) in [7, 11) is -4.08. The van der Waals surface area contributed by atoms with E-state index < -0.39 is 38.0 Å². The predicted molar refractivity (Wildman–Crippen MR) is 70.4 cm³/mol. The molecule has 21 heavy (non-hydrogen) atoms. The highest BCUT2D eigenvalue weighted by Gasteiger charge is 2.34. The fourth-order valence-electron chi connectivity index (χ4n) is 1.56. The fraction of sp³-hybridized carbons (Fsp3) is 0.545. The van der Waals surface area contributed by atoms with Gasteiger partial charge in [0, 0.05) is 12.6 Å². The standard InChI is InChI=1S/C11H14ClF3N2O3S/c1-7(3-2-6-18)17-21(19,20)8-4-5-9(11(13,14)15)16-10(8)12/h4-5,7,17-18H,2-3,6H2,1H3. The van der Waals surface area contributed by atoms with Gasteiger partial charge in [-0.2, -0.15) is 13.2 Å². The highest BCUT2D eigenvalue weighted by molar-refractivity contribution is 7.89. The number of pyridine rings is 1. The van der Waals surface area contributed by atoms with Gasteiger partial charge in [-0.25, -0.2) is 18.1 Å². The molecule has 1 rings (SSSR count). The molecule has 5 nitrogen and oxygen atoms in total. The van der Waals surface area contributed by atoms with E-state index in [0.29, 0.717) is 18.9 Å². The van der Waals surface area contributed by atoms with Crippen LogP contribution in [-0.4, -0.2) is 31.2 Å². The Labute approximate surface area is 125 Å². The number of hydrogen-bond donors (Lipinski definition) is 2. The summed E-state index contributed by atoms with van der Waals surface area (Å²) in [5.41, 5.74) is -1.26. The first-order valence-electron chi connectivity index (χ1n) is 5.95. The van der Waals surface area contributed by atoms with Crippen LogP contribution in [0.5, 0.6) is 0 Å². The van der Waals surface area contributed by atoms with Crippen LogP contribution in [0.1, 0.15) is 25.5 Å². The lowest BCUT2D eigenvalue weighted by Crippen LogP contribution is -2.33. The monoisotopic (exact) mass is 346 g/mol. The normalized spacial score (nSPS) is 14.2. The molecule has 0 radical (unpaired) electrons. The first kappa shape index (κ1) is 18.1. The SMILES string of the molecule is CC(CCCO)NS(=O)(=O)c1ccc(C(F)(F)F)nc1Cl. The second kappa shape index (κ2) is 6.91. The van der Waals surface area contributed by atoms with E-state index in [0.717, 1.165) is 6.07 Å². The molecule has 0 saturated carbocycles. The second-order valence-corrected chi connectivity index (χ2v) is 6.41. The van der Waals surface area contributed by atoms with Crippen molar-refractivity contribution in [1.82, 2.24) is 9.71 Å². The van der Waals surface area contributed by atoms with Gasteiger partial charge >= 0.3 is 6.18 Å². The minimum absolute atomic E-state index is 0.0886. The van der Waals surface area contributed by atoms with Gasteiger partial charge in [-0.05, 0) is 31.9 Å². The summed E-state index contributed by atoms with van der Waals surface area (Å²) >= 11 is 5.54. The number of aliphatic hydroxyl groups is 1. The largest absolute Gasteiger partial charge is 0.433 e. The van der Waals surface area contributed by atoms with E-state index >= 15 is 0 Å². The van der Waals surface area contributed by atoms with Crippen molar-refractivity contribution in [2.75, 3.05) is 6.61 Å². The Balaban J connectivity index is 2.99. The summed E-state index contributed by atoms with van der Waals surface area (Å²) in [6, 6.07) is 0.818. The van der Waals surface area contributed by atoms with Gasteiger partial charge in [-0.1, -0.05) is 11.6 Å². The number of aliphatic hydroxyl groups excluding tert-OH is 1. The van der Waals surface area contributed by atoms with Crippen LogP contribution in [0.15, 0.2) is 17.0 Å². The van der Waals surface area contributed by atoms with Crippen LogP contribution < -0.4 is 4.72 Å². The number of nitrogens with zero attached hydrogens (tertiary/aromatic N) is 1.